The summed E-state index contributed by atoms with van der Waals surface area (Å²) in [5, 5.41) is 1.64. The predicted octanol–water partition coefficient (Wildman–Crippen LogP) is 4.96. The fourth-order valence-electron chi connectivity index (χ4n) is 3.46. The van der Waals surface area contributed by atoms with Crippen LogP contribution in [0, 0.1) is 0 Å². The molecule has 1 heterocycles. The van der Waals surface area contributed by atoms with Crippen molar-refractivity contribution in [3.63, 3.8) is 0 Å². The average Bonchev–Trinajstić information content (AvgIpc) is 2.96. The van der Waals surface area contributed by atoms with Crippen molar-refractivity contribution in [1.29, 1.82) is 0 Å². The molecule has 1 aromatic heterocycles. The van der Waals surface area contributed by atoms with Gasteiger partial charge < -0.3 is 10.3 Å². The first kappa shape index (κ1) is 17.1. The van der Waals surface area contributed by atoms with E-state index < -0.39 is 17.6 Å². The Bertz CT molecular complexity index is 1160. The van der Waals surface area contributed by atoms with Crippen molar-refractivity contribution in [2.75, 3.05) is 0 Å². The summed E-state index contributed by atoms with van der Waals surface area (Å²) in [7, 11) is 0. The van der Waals surface area contributed by atoms with E-state index >= 15 is 0 Å². The van der Waals surface area contributed by atoms with Crippen LogP contribution in [0.25, 0.3) is 21.8 Å². The number of carbonyl (C=O) groups excluding carboxylic acids is 1. The molecule has 0 aliphatic heterocycles. The molecule has 136 valence electrons. The van der Waals surface area contributed by atoms with E-state index in [2.05, 4.69) is 0 Å². The molecular formula is C21H15F3N2O. The van der Waals surface area contributed by atoms with Crippen LogP contribution in [0.15, 0.2) is 66.7 Å². The van der Waals surface area contributed by atoms with E-state index in [9.17, 15) is 18.0 Å². The highest BCUT2D eigenvalue weighted by molar-refractivity contribution is 6.17. The van der Waals surface area contributed by atoms with Crippen LogP contribution in [0.2, 0.25) is 0 Å². The zero-order valence-corrected chi connectivity index (χ0v) is 14.1. The Balaban J connectivity index is 1.88. The van der Waals surface area contributed by atoms with Crippen LogP contribution in [-0.2, 0) is 12.7 Å². The van der Waals surface area contributed by atoms with Crippen LogP contribution in [0.1, 0.15) is 21.5 Å². The zero-order chi connectivity index (χ0) is 19.2. The molecule has 6 heteroatoms. The highest BCUT2D eigenvalue weighted by atomic mass is 19.4. The SMILES string of the molecule is NC(=O)c1cccc2c1c1ccccc1n2Cc1ccc(C(F)(F)F)cc1. The molecule has 4 aromatic rings. The predicted molar refractivity (Wildman–Crippen MR) is 98.5 cm³/mol. The lowest BCUT2D eigenvalue weighted by Gasteiger charge is -2.10. The van der Waals surface area contributed by atoms with Gasteiger partial charge in [-0.2, -0.15) is 13.2 Å². The molecule has 0 saturated carbocycles. The summed E-state index contributed by atoms with van der Waals surface area (Å²) >= 11 is 0. The summed E-state index contributed by atoms with van der Waals surface area (Å²) < 4.78 is 40.3. The Kier molecular flexibility index (Phi) is 3.91. The first-order valence-electron chi connectivity index (χ1n) is 8.32. The number of nitrogens with zero attached hydrogens (tertiary/aromatic N) is 1. The van der Waals surface area contributed by atoms with Crippen molar-refractivity contribution in [2.24, 2.45) is 5.73 Å². The normalized spacial score (nSPS) is 12.0. The molecule has 2 N–H and O–H groups in total. The first-order chi connectivity index (χ1) is 12.9. The number of primary amides is 1. The van der Waals surface area contributed by atoms with E-state index in [1.807, 2.05) is 34.9 Å². The Morgan fingerprint density at radius 1 is 0.889 bits per heavy atom. The molecular weight excluding hydrogens is 353 g/mol. The Hall–Kier alpha value is -3.28. The number of nitrogens with two attached hydrogens (primary N) is 1. The van der Waals surface area contributed by atoms with Crippen molar-refractivity contribution in [3.05, 3.63) is 83.4 Å². The van der Waals surface area contributed by atoms with E-state index in [0.29, 0.717) is 12.1 Å². The van der Waals surface area contributed by atoms with Gasteiger partial charge in [0.2, 0.25) is 5.91 Å². The van der Waals surface area contributed by atoms with Gasteiger partial charge in [-0.3, -0.25) is 4.79 Å². The summed E-state index contributed by atoms with van der Waals surface area (Å²) in [5.74, 6) is -0.516. The Labute approximate surface area is 152 Å². The molecule has 0 spiro atoms. The van der Waals surface area contributed by atoms with Gasteiger partial charge in [0, 0.05) is 28.4 Å². The molecule has 1 amide bonds. The van der Waals surface area contributed by atoms with Gasteiger partial charge in [0.25, 0.3) is 0 Å². The van der Waals surface area contributed by atoms with Crippen LogP contribution in [0.4, 0.5) is 13.2 Å². The van der Waals surface area contributed by atoms with Gasteiger partial charge in [0.05, 0.1) is 11.1 Å². The number of hydrogen-bond acceptors (Lipinski definition) is 1. The minimum Gasteiger partial charge on any atom is -0.366 e. The third-order valence-corrected chi connectivity index (χ3v) is 4.68. The van der Waals surface area contributed by atoms with Crippen LogP contribution < -0.4 is 5.73 Å². The lowest BCUT2D eigenvalue weighted by atomic mass is 10.1. The molecule has 0 fully saturated rings. The van der Waals surface area contributed by atoms with Gasteiger partial charge in [0.1, 0.15) is 0 Å². The molecule has 0 unspecified atom stereocenters. The molecule has 27 heavy (non-hydrogen) atoms. The number of alkyl halides is 3. The number of carbonyl (C=O) groups is 1. The fraction of sp³-hybridized carbons (Fsp3) is 0.0952. The monoisotopic (exact) mass is 368 g/mol. The van der Waals surface area contributed by atoms with E-state index in [0.717, 1.165) is 39.5 Å². The van der Waals surface area contributed by atoms with Gasteiger partial charge in [0.15, 0.2) is 0 Å². The van der Waals surface area contributed by atoms with Crippen LogP contribution in [-0.4, -0.2) is 10.5 Å². The summed E-state index contributed by atoms with van der Waals surface area (Å²) in [4.78, 5) is 11.9. The Morgan fingerprint density at radius 2 is 1.56 bits per heavy atom. The van der Waals surface area contributed by atoms with E-state index in [1.54, 1.807) is 12.1 Å². The lowest BCUT2D eigenvalue weighted by molar-refractivity contribution is -0.137. The van der Waals surface area contributed by atoms with Crippen molar-refractivity contribution in [1.82, 2.24) is 4.57 Å². The third kappa shape index (κ3) is 2.93. The van der Waals surface area contributed by atoms with Gasteiger partial charge >= 0.3 is 6.18 Å². The quantitative estimate of drug-likeness (QED) is 0.546. The number of amides is 1. The standard InChI is InChI=1S/C21H15F3N2O/c22-21(23,24)14-10-8-13(9-11-14)12-26-17-6-2-1-4-15(17)19-16(20(25)27)5-3-7-18(19)26/h1-11H,12H2,(H2,25,27). The second-order valence-electron chi connectivity index (χ2n) is 6.36. The zero-order valence-electron chi connectivity index (χ0n) is 14.1. The molecule has 0 saturated heterocycles. The molecule has 0 aliphatic rings. The van der Waals surface area contributed by atoms with Gasteiger partial charge in [-0.05, 0) is 35.9 Å². The maximum absolute atomic E-state index is 12.8. The summed E-state index contributed by atoms with van der Waals surface area (Å²) in [6.45, 7) is 0.379. The third-order valence-electron chi connectivity index (χ3n) is 4.68. The van der Waals surface area contributed by atoms with Crippen molar-refractivity contribution < 1.29 is 18.0 Å². The van der Waals surface area contributed by atoms with Crippen molar-refractivity contribution in [3.8, 4) is 0 Å². The minimum absolute atomic E-state index is 0.379. The molecule has 0 atom stereocenters. The van der Waals surface area contributed by atoms with E-state index in [-0.39, 0.29) is 0 Å². The highest BCUT2D eigenvalue weighted by Gasteiger charge is 2.30. The molecule has 3 aromatic carbocycles. The van der Waals surface area contributed by atoms with Crippen LogP contribution in [0.5, 0.6) is 0 Å². The number of rotatable bonds is 3. The number of benzene rings is 3. The number of halogens is 3. The largest absolute Gasteiger partial charge is 0.416 e. The molecule has 4 rings (SSSR count). The van der Waals surface area contributed by atoms with Gasteiger partial charge in [-0.25, -0.2) is 0 Å². The van der Waals surface area contributed by atoms with Gasteiger partial charge in [-0.15, -0.1) is 0 Å². The molecule has 0 bridgehead atoms. The topological polar surface area (TPSA) is 48.0 Å². The lowest BCUT2D eigenvalue weighted by Crippen LogP contribution is -2.11. The Morgan fingerprint density at radius 3 is 2.22 bits per heavy atom. The van der Waals surface area contributed by atoms with E-state index in [1.165, 1.54) is 12.1 Å². The first-order valence-corrected chi connectivity index (χ1v) is 8.32. The smallest absolute Gasteiger partial charge is 0.366 e. The highest BCUT2D eigenvalue weighted by Crippen LogP contribution is 2.33. The second-order valence-corrected chi connectivity index (χ2v) is 6.36. The summed E-state index contributed by atoms with van der Waals surface area (Å²) in [6.07, 6.45) is -4.36. The average molecular weight is 368 g/mol. The molecule has 0 aliphatic carbocycles. The second kappa shape index (κ2) is 6.16. The number of aromatic nitrogens is 1. The van der Waals surface area contributed by atoms with Crippen LogP contribution >= 0.6 is 0 Å². The van der Waals surface area contributed by atoms with E-state index in [4.69, 9.17) is 5.73 Å². The summed E-state index contributed by atoms with van der Waals surface area (Å²) in [5.41, 5.74) is 7.72. The van der Waals surface area contributed by atoms with Crippen molar-refractivity contribution in [2.45, 2.75) is 12.7 Å². The molecule has 3 nitrogen and oxygen atoms in total. The fourth-order valence-corrected chi connectivity index (χ4v) is 3.46. The van der Waals surface area contributed by atoms with Crippen LogP contribution in [0.3, 0.4) is 0 Å². The summed E-state index contributed by atoms with van der Waals surface area (Å²) in [6, 6.07) is 18.0. The number of para-hydroxylation sites is 1. The maximum Gasteiger partial charge on any atom is 0.416 e. The van der Waals surface area contributed by atoms with Gasteiger partial charge in [-0.1, -0.05) is 36.4 Å². The number of hydrogen-bond donors (Lipinski definition) is 1. The maximum atomic E-state index is 12.8. The minimum atomic E-state index is -4.36. The number of fused-ring (bicyclic) bond motifs is 3. The van der Waals surface area contributed by atoms with Crippen molar-refractivity contribution >= 4 is 27.7 Å². The molecule has 0 radical (unpaired) electrons.